The molecule has 0 bridgehead atoms. The molecule has 6 rings (SSSR count). The summed E-state index contributed by atoms with van der Waals surface area (Å²) >= 11 is 14.1. The second kappa shape index (κ2) is 14.5. The van der Waals surface area contributed by atoms with Gasteiger partial charge in [0.15, 0.2) is 0 Å². The number of hydrogen-bond acceptors (Lipinski definition) is 8. The molecule has 2 N–H and O–H groups in total. The second-order valence-electron chi connectivity index (χ2n) is 12.2. The minimum atomic E-state index is -0.765. The number of carboxylic acid groups (broad SMARTS) is 2. The second-order valence-corrected chi connectivity index (χ2v) is 12.9. The van der Waals surface area contributed by atoms with Crippen molar-refractivity contribution in [3.8, 4) is 45.4 Å². The van der Waals surface area contributed by atoms with Crippen molar-refractivity contribution in [2.24, 2.45) is 11.8 Å². The molecule has 2 aromatic carbocycles. The zero-order chi connectivity index (χ0) is 33.9. The molecule has 2 aromatic heterocycles. The third-order valence-corrected chi connectivity index (χ3v) is 9.95. The van der Waals surface area contributed by atoms with Gasteiger partial charge in [0.1, 0.15) is 0 Å². The Balaban J connectivity index is 1.26. The van der Waals surface area contributed by atoms with Gasteiger partial charge in [-0.1, -0.05) is 71.7 Å². The molecule has 10 nitrogen and oxygen atoms in total. The van der Waals surface area contributed by atoms with Crippen LogP contribution >= 0.6 is 23.2 Å². The molecule has 0 radical (unpaired) electrons. The topological polar surface area (TPSA) is 125 Å². The fourth-order valence-corrected chi connectivity index (χ4v) is 7.20. The Morgan fingerprint density at radius 3 is 1.44 bits per heavy atom. The van der Waals surface area contributed by atoms with Gasteiger partial charge in [-0.05, 0) is 38.1 Å². The van der Waals surface area contributed by atoms with Gasteiger partial charge >= 0.3 is 11.9 Å². The summed E-state index contributed by atoms with van der Waals surface area (Å²) in [6.07, 6.45) is 1.25. The Hall–Kier alpha value is -4.22. The number of aromatic nitrogens is 2. The van der Waals surface area contributed by atoms with Crippen molar-refractivity contribution in [2.45, 2.75) is 25.9 Å². The quantitative estimate of drug-likeness (QED) is 0.177. The Labute approximate surface area is 288 Å². The van der Waals surface area contributed by atoms with Crippen molar-refractivity contribution in [3.05, 3.63) is 81.8 Å². The third-order valence-electron chi connectivity index (χ3n) is 9.14. The number of hydrogen-bond donors (Lipinski definition) is 2. The molecule has 2 aliphatic heterocycles. The SMILES string of the molecule is COc1nc(-c2cccc(-c3cccc(-c4ccc(CN5CC[C@H](C(=O)O)C5)c(OC)n4)c3Cl)c2Cl)ccc1CN1CC[C@H](C(=O)O)C1. The largest absolute Gasteiger partial charge is 0.481 e. The molecule has 4 heterocycles. The van der Waals surface area contributed by atoms with Crippen molar-refractivity contribution in [2.75, 3.05) is 40.4 Å². The average molecular weight is 692 g/mol. The van der Waals surface area contributed by atoms with E-state index >= 15 is 0 Å². The maximum atomic E-state index is 11.4. The zero-order valence-electron chi connectivity index (χ0n) is 26.7. The highest BCUT2D eigenvalue weighted by atomic mass is 35.5. The summed E-state index contributed by atoms with van der Waals surface area (Å²) < 4.78 is 11.3. The van der Waals surface area contributed by atoms with Gasteiger partial charge in [0, 0.05) is 59.6 Å². The Morgan fingerprint density at radius 2 is 1.08 bits per heavy atom. The highest BCUT2D eigenvalue weighted by Gasteiger charge is 2.30. The van der Waals surface area contributed by atoms with Crippen molar-refractivity contribution >= 4 is 35.1 Å². The van der Waals surface area contributed by atoms with Crippen LogP contribution in [0.4, 0.5) is 0 Å². The molecule has 48 heavy (non-hydrogen) atoms. The Morgan fingerprint density at radius 1 is 0.688 bits per heavy atom. The van der Waals surface area contributed by atoms with Gasteiger partial charge in [-0.15, -0.1) is 0 Å². The fraction of sp³-hybridized carbons (Fsp3) is 0.333. The number of halogens is 2. The van der Waals surface area contributed by atoms with Crippen LogP contribution in [0.25, 0.3) is 33.6 Å². The molecule has 0 spiro atoms. The van der Waals surface area contributed by atoms with Gasteiger partial charge in [-0.2, -0.15) is 0 Å². The van der Waals surface area contributed by atoms with E-state index in [2.05, 4.69) is 9.80 Å². The number of carbonyl (C=O) groups is 2. The molecule has 12 heteroatoms. The van der Waals surface area contributed by atoms with Gasteiger partial charge in [-0.3, -0.25) is 19.4 Å². The molecule has 0 unspecified atom stereocenters. The number of carboxylic acids is 2. The maximum Gasteiger partial charge on any atom is 0.307 e. The maximum absolute atomic E-state index is 11.4. The van der Waals surface area contributed by atoms with Crippen LogP contribution in [0.3, 0.4) is 0 Å². The van der Waals surface area contributed by atoms with Crippen molar-refractivity contribution in [1.82, 2.24) is 19.8 Å². The average Bonchev–Trinajstić information content (AvgIpc) is 3.76. The molecule has 2 fully saturated rings. The number of likely N-dealkylation sites (tertiary alicyclic amines) is 2. The summed E-state index contributed by atoms with van der Waals surface area (Å²) in [7, 11) is 3.14. The van der Waals surface area contributed by atoms with Crippen LogP contribution < -0.4 is 9.47 Å². The lowest BCUT2D eigenvalue weighted by molar-refractivity contribution is -0.142. The first-order chi connectivity index (χ1) is 23.2. The van der Waals surface area contributed by atoms with Crippen LogP contribution in [0.1, 0.15) is 24.0 Å². The summed E-state index contributed by atoms with van der Waals surface area (Å²) in [5.74, 6) is -1.33. The van der Waals surface area contributed by atoms with E-state index in [0.29, 0.717) is 96.4 Å². The zero-order valence-corrected chi connectivity index (χ0v) is 28.2. The first-order valence-corrected chi connectivity index (χ1v) is 16.5. The lowest BCUT2D eigenvalue weighted by Crippen LogP contribution is -2.23. The molecule has 4 aromatic rings. The predicted octanol–water partition coefficient (Wildman–Crippen LogP) is 6.61. The van der Waals surface area contributed by atoms with E-state index in [-0.39, 0.29) is 11.8 Å². The molecular formula is C36H36Cl2N4O6. The Kier molecular flexibility index (Phi) is 10.2. The van der Waals surface area contributed by atoms with E-state index in [1.54, 1.807) is 14.2 Å². The van der Waals surface area contributed by atoms with Crippen LogP contribution in [0.2, 0.25) is 10.0 Å². The monoisotopic (exact) mass is 690 g/mol. The molecule has 0 aliphatic carbocycles. The van der Waals surface area contributed by atoms with Crippen LogP contribution in [-0.2, 0) is 22.7 Å². The number of aliphatic carboxylic acids is 2. The van der Waals surface area contributed by atoms with Crippen molar-refractivity contribution in [1.29, 1.82) is 0 Å². The molecule has 0 saturated carbocycles. The number of methoxy groups -OCH3 is 2. The summed E-state index contributed by atoms with van der Waals surface area (Å²) in [5.41, 5.74) is 5.89. The molecule has 2 saturated heterocycles. The lowest BCUT2D eigenvalue weighted by Gasteiger charge is -2.18. The normalized spacial score (nSPS) is 18.2. The van der Waals surface area contributed by atoms with Gasteiger partial charge in [0.25, 0.3) is 0 Å². The minimum absolute atomic E-state index is 0.359. The van der Waals surface area contributed by atoms with Crippen LogP contribution in [0.15, 0.2) is 60.7 Å². The highest BCUT2D eigenvalue weighted by molar-refractivity contribution is 6.39. The lowest BCUT2D eigenvalue weighted by atomic mass is 9.98. The number of benzene rings is 2. The number of pyridine rings is 2. The van der Waals surface area contributed by atoms with Gasteiger partial charge in [0.2, 0.25) is 11.8 Å². The molecule has 2 atom stereocenters. The number of ether oxygens (including phenoxy) is 2. The van der Waals surface area contributed by atoms with Gasteiger partial charge in [0.05, 0.1) is 47.5 Å². The summed E-state index contributed by atoms with van der Waals surface area (Å²) in [6, 6.07) is 19.1. The number of nitrogens with zero attached hydrogens (tertiary/aromatic N) is 4. The number of rotatable bonds is 11. The minimum Gasteiger partial charge on any atom is -0.481 e. The third kappa shape index (κ3) is 6.98. The van der Waals surface area contributed by atoms with E-state index in [1.807, 2.05) is 60.7 Å². The molecule has 250 valence electrons. The van der Waals surface area contributed by atoms with Crippen LogP contribution in [-0.4, -0.2) is 82.3 Å². The summed E-state index contributed by atoms with van der Waals surface area (Å²) in [4.78, 5) is 36.6. The molecule has 2 aliphatic rings. The highest BCUT2D eigenvalue weighted by Crippen LogP contribution is 2.42. The first kappa shape index (κ1) is 33.7. The van der Waals surface area contributed by atoms with E-state index in [9.17, 15) is 19.8 Å². The van der Waals surface area contributed by atoms with Crippen molar-refractivity contribution < 1.29 is 29.3 Å². The standard InChI is InChI=1S/C36H36Cl2N4O6/c1-47-33-21(17-41-15-13-23(19-41)35(43)44)9-11-29(39-33)27-7-3-5-25(31(27)37)26-6-4-8-28(32(26)38)30-12-10-22(34(40-30)48-2)18-42-16-14-24(20-42)36(45)46/h3-12,23-24H,13-20H2,1-2H3,(H,43,44)(H,45,46)/t23-,24-/m0/s1. The van der Waals surface area contributed by atoms with E-state index < -0.39 is 11.9 Å². The van der Waals surface area contributed by atoms with E-state index in [1.165, 1.54) is 0 Å². The first-order valence-electron chi connectivity index (χ1n) is 15.7. The Bertz CT molecular complexity index is 1720. The van der Waals surface area contributed by atoms with E-state index in [0.717, 1.165) is 22.3 Å². The molecular weight excluding hydrogens is 655 g/mol. The predicted molar refractivity (Wildman–Crippen MR) is 184 cm³/mol. The molecule has 0 amide bonds. The summed E-state index contributed by atoms with van der Waals surface area (Å²) in [5, 5.41) is 19.7. The van der Waals surface area contributed by atoms with Crippen LogP contribution in [0.5, 0.6) is 11.8 Å². The van der Waals surface area contributed by atoms with Crippen LogP contribution in [0, 0.1) is 11.8 Å². The van der Waals surface area contributed by atoms with Gasteiger partial charge < -0.3 is 19.7 Å². The fourth-order valence-electron chi connectivity index (χ4n) is 6.55. The van der Waals surface area contributed by atoms with Crippen molar-refractivity contribution in [3.63, 3.8) is 0 Å². The van der Waals surface area contributed by atoms with E-state index in [4.69, 9.17) is 42.6 Å². The smallest absolute Gasteiger partial charge is 0.307 e. The van der Waals surface area contributed by atoms with Gasteiger partial charge in [-0.25, -0.2) is 9.97 Å². The summed E-state index contributed by atoms with van der Waals surface area (Å²) in [6.45, 7) is 3.48.